The van der Waals surface area contributed by atoms with Gasteiger partial charge in [0.2, 0.25) is 0 Å². The first-order valence-electron chi connectivity index (χ1n) is 2.43. The van der Waals surface area contributed by atoms with Crippen LogP contribution < -0.4 is 5.73 Å². The smallest absolute Gasteiger partial charge is 0.480 e. The Bertz CT molecular complexity index is 139. The lowest BCUT2D eigenvalue weighted by atomic mass is 10.4. The number of aliphatic carboxylic acids is 1. The van der Waals surface area contributed by atoms with Crippen molar-refractivity contribution in [1.29, 1.82) is 0 Å². The molecule has 12 heavy (non-hydrogen) atoms. The Kier molecular flexibility index (Phi) is 15.0. The Balaban J connectivity index is -0.000000142. The van der Waals surface area contributed by atoms with E-state index in [0.717, 1.165) is 0 Å². The summed E-state index contributed by atoms with van der Waals surface area (Å²) in [4.78, 5) is 18.3. The molecule has 0 fully saturated rings. The average molecular weight is 220 g/mol. The van der Waals surface area contributed by atoms with Crippen molar-refractivity contribution in [3.8, 4) is 0 Å². The van der Waals surface area contributed by atoms with E-state index in [-0.39, 0.29) is 18.2 Å². The maximum absolute atomic E-state index is 9.76. The highest BCUT2D eigenvalue weighted by Crippen LogP contribution is 1.80. The van der Waals surface area contributed by atoms with E-state index < -0.39 is 18.2 Å². The fraction of sp³-hybridized carbons (Fsp3) is 0.500. The average Bonchev–Trinajstić information content (AvgIpc) is 1.85. The SMILES string of the molecule is Cl.NC(CS)C(=O)O.O=C(O)O. The molecular weight excluding hydrogens is 210 g/mol. The van der Waals surface area contributed by atoms with Gasteiger partial charge in [-0.3, -0.25) is 4.79 Å². The largest absolute Gasteiger partial charge is 0.503 e. The second-order valence-corrected chi connectivity index (χ2v) is 1.78. The molecule has 5 N–H and O–H groups in total. The Hall–Kier alpha value is -0.660. The molecule has 0 aliphatic carbocycles. The van der Waals surface area contributed by atoms with Gasteiger partial charge in [0.1, 0.15) is 6.04 Å². The first kappa shape index (κ1) is 17.4. The summed E-state index contributed by atoms with van der Waals surface area (Å²) in [5, 5.41) is 22.0. The van der Waals surface area contributed by atoms with Crippen LogP contribution in [0.4, 0.5) is 4.79 Å². The third kappa shape index (κ3) is 22.8. The quantitative estimate of drug-likeness (QED) is 0.416. The molecule has 0 radical (unpaired) electrons. The number of hydrogen-bond donors (Lipinski definition) is 5. The molecule has 0 aromatic rings. The fourth-order valence-corrected chi connectivity index (χ4v) is 0.234. The van der Waals surface area contributed by atoms with Gasteiger partial charge in [-0.05, 0) is 0 Å². The highest BCUT2D eigenvalue weighted by molar-refractivity contribution is 7.80. The van der Waals surface area contributed by atoms with Crippen molar-refractivity contribution in [3.05, 3.63) is 0 Å². The third-order valence-electron chi connectivity index (χ3n) is 0.514. The standard InChI is InChI=1S/C3H7NO2S.CH2O3.ClH/c4-2(1-7)3(5)6;2-1(3)4;/h2,7H,1,4H2,(H,5,6);(H2,2,3,4);1H. The number of carbonyl (C=O) groups is 2. The van der Waals surface area contributed by atoms with Gasteiger partial charge in [-0.1, -0.05) is 0 Å². The van der Waals surface area contributed by atoms with Gasteiger partial charge in [0, 0.05) is 5.75 Å². The van der Waals surface area contributed by atoms with E-state index in [1.807, 2.05) is 0 Å². The maximum Gasteiger partial charge on any atom is 0.503 e. The zero-order chi connectivity index (χ0) is 9.44. The van der Waals surface area contributed by atoms with Crippen LogP contribution in [-0.4, -0.2) is 39.2 Å². The summed E-state index contributed by atoms with van der Waals surface area (Å²) >= 11 is 3.65. The van der Waals surface area contributed by atoms with Gasteiger partial charge in [-0.15, -0.1) is 12.4 Å². The molecule has 0 aliphatic heterocycles. The van der Waals surface area contributed by atoms with Crippen molar-refractivity contribution in [3.63, 3.8) is 0 Å². The molecule has 0 aromatic heterocycles. The van der Waals surface area contributed by atoms with Crippen LogP contribution in [0.1, 0.15) is 0 Å². The van der Waals surface area contributed by atoms with Crippen LogP contribution in [0.2, 0.25) is 0 Å². The third-order valence-corrected chi connectivity index (χ3v) is 0.907. The molecule has 0 heterocycles. The molecule has 0 bridgehead atoms. The van der Waals surface area contributed by atoms with Crippen LogP contribution in [0.15, 0.2) is 0 Å². The monoisotopic (exact) mass is 219 g/mol. The fourth-order valence-electron chi connectivity index (χ4n) is 0.0781. The Morgan fingerprint density at radius 3 is 1.58 bits per heavy atom. The van der Waals surface area contributed by atoms with Gasteiger partial charge >= 0.3 is 12.1 Å². The van der Waals surface area contributed by atoms with E-state index in [0.29, 0.717) is 0 Å². The van der Waals surface area contributed by atoms with Gasteiger partial charge in [-0.2, -0.15) is 12.6 Å². The number of carboxylic acids is 1. The lowest BCUT2D eigenvalue weighted by molar-refractivity contribution is -0.137. The summed E-state index contributed by atoms with van der Waals surface area (Å²) < 4.78 is 0. The molecule has 0 saturated heterocycles. The van der Waals surface area contributed by atoms with Crippen molar-refractivity contribution in [2.45, 2.75) is 6.04 Å². The molecule has 0 aromatic carbocycles. The normalized spacial score (nSPS) is 9.83. The first-order chi connectivity index (χ1) is 4.91. The Morgan fingerprint density at radius 1 is 1.33 bits per heavy atom. The molecule has 0 amide bonds. The zero-order valence-corrected chi connectivity index (χ0v) is 7.59. The van der Waals surface area contributed by atoms with Gasteiger partial charge in [0.05, 0.1) is 0 Å². The number of carboxylic acid groups (broad SMARTS) is 3. The van der Waals surface area contributed by atoms with Gasteiger partial charge in [-0.25, -0.2) is 4.79 Å². The summed E-state index contributed by atoms with van der Waals surface area (Å²) in [6.07, 6.45) is -1.83. The summed E-state index contributed by atoms with van der Waals surface area (Å²) in [5.41, 5.74) is 4.94. The van der Waals surface area contributed by atoms with E-state index in [2.05, 4.69) is 12.6 Å². The molecular formula is C4H10ClNO5S. The van der Waals surface area contributed by atoms with Gasteiger partial charge < -0.3 is 21.1 Å². The number of hydrogen-bond acceptors (Lipinski definition) is 4. The van der Waals surface area contributed by atoms with Crippen molar-refractivity contribution in [1.82, 2.24) is 0 Å². The first-order valence-corrected chi connectivity index (χ1v) is 3.06. The van der Waals surface area contributed by atoms with E-state index >= 15 is 0 Å². The van der Waals surface area contributed by atoms with Crippen molar-refractivity contribution >= 4 is 37.2 Å². The van der Waals surface area contributed by atoms with Crippen molar-refractivity contribution in [2.24, 2.45) is 5.73 Å². The van der Waals surface area contributed by atoms with E-state index in [1.165, 1.54) is 0 Å². The molecule has 0 aliphatic rings. The topological polar surface area (TPSA) is 121 Å². The molecule has 0 saturated carbocycles. The zero-order valence-electron chi connectivity index (χ0n) is 5.88. The maximum atomic E-state index is 9.76. The predicted octanol–water partition coefficient (Wildman–Crippen LogP) is -0.0277. The summed E-state index contributed by atoms with van der Waals surface area (Å²) in [6, 6.07) is -0.816. The molecule has 1 unspecified atom stereocenters. The second-order valence-electron chi connectivity index (χ2n) is 1.41. The van der Waals surface area contributed by atoms with Crippen LogP contribution in [0, 0.1) is 0 Å². The Morgan fingerprint density at radius 2 is 1.58 bits per heavy atom. The Labute approximate surface area is 80.2 Å². The van der Waals surface area contributed by atoms with Crippen LogP contribution in [0.5, 0.6) is 0 Å². The minimum absolute atomic E-state index is 0. The minimum Gasteiger partial charge on any atom is -0.480 e. The molecule has 1 atom stereocenters. The van der Waals surface area contributed by atoms with Crippen LogP contribution in [0.3, 0.4) is 0 Å². The number of thiol groups is 1. The molecule has 0 rings (SSSR count). The highest BCUT2D eigenvalue weighted by atomic mass is 35.5. The second kappa shape index (κ2) is 10.3. The predicted molar refractivity (Wildman–Crippen MR) is 47.4 cm³/mol. The number of nitrogens with two attached hydrogens (primary N) is 1. The molecule has 0 spiro atoms. The van der Waals surface area contributed by atoms with Crippen LogP contribution in [-0.2, 0) is 4.79 Å². The van der Waals surface area contributed by atoms with E-state index in [1.54, 1.807) is 0 Å². The van der Waals surface area contributed by atoms with Gasteiger partial charge in [0.25, 0.3) is 0 Å². The summed E-state index contributed by atoms with van der Waals surface area (Å²) in [5.74, 6) is -0.815. The van der Waals surface area contributed by atoms with Crippen LogP contribution >= 0.6 is 25.0 Å². The van der Waals surface area contributed by atoms with E-state index in [4.69, 9.17) is 25.8 Å². The molecule has 74 valence electrons. The van der Waals surface area contributed by atoms with Crippen molar-refractivity contribution in [2.75, 3.05) is 5.75 Å². The van der Waals surface area contributed by atoms with Gasteiger partial charge in [0.15, 0.2) is 0 Å². The number of rotatable bonds is 2. The highest BCUT2D eigenvalue weighted by Gasteiger charge is 2.06. The van der Waals surface area contributed by atoms with Crippen molar-refractivity contribution < 1.29 is 24.9 Å². The van der Waals surface area contributed by atoms with E-state index in [9.17, 15) is 4.79 Å². The lowest BCUT2D eigenvalue weighted by Crippen LogP contribution is -2.31. The summed E-state index contributed by atoms with van der Waals surface area (Å²) in [6.45, 7) is 0. The molecule has 8 heteroatoms. The number of halogens is 1. The summed E-state index contributed by atoms with van der Waals surface area (Å²) in [7, 11) is 0. The lowest BCUT2D eigenvalue weighted by Gasteiger charge is -1.96. The van der Waals surface area contributed by atoms with Crippen LogP contribution in [0.25, 0.3) is 0 Å². The molecule has 6 nitrogen and oxygen atoms in total. The minimum atomic E-state index is -1.83.